The van der Waals surface area contributed by atoms with Gasteiger partial charge in [0.05, 0.1) is 12.3 Å². The minimum absolute atomic E-state index is 0.264. The van der Waals surface area contributed by atoms with Crippen molar-refractivity contribution in [2.45, 2.75) is 39.2 Å². The first-order chi connectivity index (χ1) is 10.2. The topological polar surface area (TPSA) is 47.7 Å². The van der Waals surface area contributed by atoms with Crippen LogP contribution >= 0.6 is 0 Å². The molecular formula is C17H28N2O2. The minimum Gasteiger partial charge on any atom is -0.489 e. The number of aryl methyl sites for hydroxylation is 1. The summed E-state index contributed by atoms with van der Waals surface area (Å²) in [5, 5.41) is 0. The van der Waals surface area contributed by atoms with E-state index in [0.29, 0.717) is 13.2 Å². The summed E-state index contributed by atoms with van der Waals surface area (Å²) < 4.78 is 11.4. The molecule has 1 aliphatic heterocycles. The molecule has 0 aromatic heterocycles. The summed E-state index contributed by atoms with van der Waals surface area (Å²) in [6.45, 7) is 8.22. The summed E-state index contributed by atoms with van der Waals surface area (Å²) in [5.41, 5.74) is 8.52. The van der Waals surface area contributed by atoms with E-state index in [9.17, 15) is 0 Å². The Bertz CT molecular complexity index is 437. The number of ether oxygens (including phenoxy) is 2. The number of hydrogen-bond acceptors (Lipinski definition) is 4. The second-order valence-electron chi connectivity index (χ2n) is 5.78. The largest absolute Gasteiger partial charge is 0.489 e. The molecule has 1 saturated heterocycles. The smallest absolute Gasteiger partial charge is 0.142 e. The third kappa shape index (κ3) is 4.90. The summed E-state index contributed by atoms with van der Waals surface area (Å²) in [4.78, 5) is 2.35. The molecule has 0 bridgehead atoms. The molecule has 118 valence electrons. The first-order valence-corrected chi connectivity index (χ1v) is 8.02. The van der Waals surface area contributed by atoms with Crippen LogP contribution in [-0.4, -0.2) is 39.0 Å². The molecule has 1 aromatic rings. The predicted molar refractivity (Wildman–Crippen MR) is 87.2 cm³/mol. The van der Waals surface area contributed by atoms with Crippen molar-refractivity contribution in [1.29, 1.82) is 0 Å². The maximum absolute atomic E-state index is 6.10. The third-order valence-corrected chi connectivity index (χ3v) is 3.75. The lowest BCUT2D eigenvalue weighted by atomic mass is 10.0. The van der Waals surface area contributed by atoms with E-state index in [1.54, 1.807) is 0 Å². The second kappa shape index (κ2) is 8.25. The molecule has 4 heteroatoms. The van der Waals surface area contributed by atoms with Crippen molar-refractivity contribution in [1.82, 2.24) is 0 Å². The van der Waals surface area contributed by atoms with Crippen molar-refractivity contribution in [3.8, 4) is 5.75 Å². The van der Waals surface area contributed by atoms with Gasteiger partial charge in [-0.15, -0.1) is 0 Å². The van der Waals surface area contributed by atoms with Gasteiger partial charge in [-0.3, -0.25) is 0 Å². The molecule has 1 fully saturated rings. The van der Waals surface area contributed by atoms with Crippen LogP contribution in [0.3, 0.4) is 0 Å². The SMILES string of the molecule is CCCOCCOc1ccc(C)cc1N1CCCC(N)C1. The van der Waals surface area contributed by atoms with Gasteiger partial charge < -0.3 is 20.1 Å². The zero-order chi connectivity index (χ0) is 15.1. The summed E-state index contributed by atoms with van der Waals surface area (Å²) in [6, 6.07) is 6.61. The van der Waals surface area contributed by atoms with E-state index in [4.69, 9.17) is 15.2 Å². The maximum atomic E-state index is 6.10. The van der Waals surface area contributed by atoms with Crippen LogP contribution < -0.4 is 15.4 Å². The monoisotopic (exact) mass is 292 g/mol. The Morgan fingerprint density at radius 1 is 1.29 bits per heavy atom. The first kappa shape index (κ1) is 16.1. The summed E-state index contributed by atoms with van der Waals surface area (Å²) in [5.74, 6) is 0.940. The molecule has 0 radical (unpaired) electrons. The Morgan fingerprint density at radius 3 is 2.90 bits per heavy atom. The number of nitrogens with two attached hydrogens (primary N) is 1. The number of piperidine rings is 1. The lowest BCUT2D eigenvalue weighted by molar-refractivity contribution is 0.101. The molecule has 1 aliphatic rings. The van der Waals surface area contributed by atoms with Crippen LogP contribution in [0.5, 0.6) is 5.75 Å². The highest BCUT2D eigenvalue weighted by atomic mass is 16.5. The van der Waals surface area contributed by atoms with Gasteiger partial charge in [0.1, 0.15) is 12.4 Å². The van der Waals surface area contributed by atoms with Crippen molar-refractivity contribution in [3.63, 3.8) is 0 Å². The van der Waals surface area contributed by atoms with Crippen molar-refractivity contribution in [2.75, 3.05) is 37.8 Å². The lowest BCUT2D eigenvalue weighted by Crippen LogP contribution is -2.43. The standard InChI is InChI=1S/C17H28N2O2/c1-3-9-20-10-11-21-17-7-6-14(2)12-16(17)19-8-4-5-15(18)13-19/h6-7,12,15H,3-5,8-11,13,18H2,1-2H3. The molecule has 2 N–H and O–H groups in total. The fourth-order valence-electron chi connectivity index (χ4n) is 2.68. The molecule has 1 unspecified atom stereocenters. The predicted octanol–water partition coefficient (Wildman–Crippen LogP) is 2.73. The summed E-state index contributed by atoms with van der Waals surface area (Å²) in [7, 11) is 0. The zero-order valence-electron chi connectivity index (χ0n) is 13.3. The van der Waals surface area contributed by atoms with Gasteiger partial charge in [-0.25, -0.2) is 0 Å². The molecule has 2 rings (SSSR count). The molecule has 1 aromatic carbocycles. The van der Waals surface area contributed by atoms with Gasteiger partial charge in [-0.2, -0.15) is 0 Å². The number of hydrogen-bond donors (Lipinski definition) is 1. The Morgan fingerprint density at radius 2 is 2.14 bits per heavy atom. The van der Waals surface area contributed by atoms with Gasteiger partial charge in [0.25, 0.3) is 0 Å². The highest BCUT2D eigenvalue weighted by molar-refractivity contribution is 5.60. The fraction of sp³-hybridized carbons (Fsp3) is 0.647. The molecule has 0 aliphatic carbocycles. The molecule has 1 heterocycles. The summed E-state index contributed by atoms with van der Waals surface area (Å²) in [6.07, 6.45) is 3.30. The van der Waals surface area contributed by atoms with Crippen LogP contribution in [0.2, 0.25) is 0 Å². The molecular weight excluding hydrogens is 264 g/mol. The Hall–Kier alpha value is -1.26. The van der Waals surface area contributed by atoms with E-state index in [1.165, 1.54) is 11.3 Å². The molecule has 1 atom stereocenters. The Balaban J connectivity index is 1.99. The van der Waals surface area contributed by atoms with E-state index in [0.717, 1.165) is 44.7 Å². The quantitative estimate of drug-likeness (QED) is 0.785. The highest BCUT2D eigenvalue weighted by Gasteiger charge is 2.20. The van der Waals surface area contributed by atoms with Crippen LogP contribution in [0.15, 0.2) is 18.2 Å². The van der Waals surface area contributed by atoms with E-state index in [1.807, 2.05) is 0 Å². The van der Waals surface area contributed by atoms with Crippen molar-refractivity contribution < 1.29 is 9.47 Å². The van der Waals surface area contributed by atoms with Crippen molar-refractivity contribution in [2.24, 2.45) is 5.73 Å². The van der Waals surface area contributed by atoms with Gasteiger partial charge in [-0.1, -0.05) is 13.0 Å². The van der Waals surface area contributed by atoms with Gasteiger partial charge in [0.15, 0.2) is 0 Å². The van der Waals surface area contributed by atoms with Gasteiger partial charge in [0, 0.05) is 25.7 Å². The first-order valence-electron chi connectivity index (χ1n) is 8.02. The minimum atomic E-state index is 0.264. The van der Waals surface area contributed by atoms with Gasteiger partial charge in [-0.05, 0) is 43.9 Å². The summed E-state index contributed by atoms with van der Waals surface area (Å²) >= 11 is 0. The van der Waals surface area contributed by atoms with E-state index in [-0.39, 0.29) is 6.04 Å². The number of benzene rings is 1. The van der Waals surface area contributed by atoms with E-state index >= 15 is 0 Å². The van der Waals surface area contributed by atoms with Gasteiger partial charge in [0.2, 0.25) is 0 Å². The maximum Gasteiger partial charge on any atom is 0.142 e. The van der Waals surface area contributed by atoms with Crippen LogP contribution in [0, 0.1) is 6.92 Å². The van der Waals surface area contributed by atoms with Crippen molar-refractivity contribution in [3.05, 3.63) is 23.8 Å². The molecule has 0 spiro atoms. The van der Waals surface area contributed by atoms with Crippen LogP contribution in [0.4, 0.5) is 5.69 Å². The molecule has 21 heavy (non-hydrogen) atoms. The number of nitrogens with zero attached hydrogens (tertiary/aromatic N) is 1. The van der Waals surface area contributed by atoms with Crippen LogP contribution in [-0.2, 0) is 4.74 Å². The normalized spacial score (nSPS) is 18.8. The number of rotatable bonds is 7. The zero-order valence-corrected chi connectivity index (χ0v) is 13.3. The van der Waals surface area contributed by atoms with Crippen LogP contribution in [0.25, 0.3) is 0 Å². The molecule has 0 saturated carbocycles. The Kier molecular flexibility index (Phi) is 6.33. The van der Waals surface area contributed by atoms with Crippen molar-refractivity contribution >= 4 is 5.69 Å². The average Bonchev–Trinajstić information content (AvgIpc) is 2.48. The van der Waals surface area contributed by atoms with E-state index < -0.39 is 0 Å². The number of anilines is 1. The van der Waals surface area contributed by atoms with Gasteiger partial charge >= 0.3 is 0 Å². The molecule has 0 amide bonds. The average molecular weight is 292 g/mol. The van der Waals surface area contributed by atoms with Crippen LogP contribution in [0.1, 0.15) is 31.7 Å². The highest BCUT2D eigenvalue weighted by Crippen LogP contribution is 2.31. The third-order valence-electron chi connectivity index (χ3n) is 3.75. The van der Waals surface area contributed by atoms with E-state index in [2.05, 4.69) is 36.9 Å². The Labute approximate surface area is 128 Å². The second-order valence-corrected chi connectivity index (χ2v) is 5.78. The molecule has 4 nitrogen and oxygen atoms in total. The lowest BCUT2D eigenvalue weighted by Gasteiger charge is -2.33. The fourth-order valence-corrected chi connectivity index (χ4v) is 2.68.